The fourth-order valence-corrected chi connectivity index (χ4v) is 2.50. The van der Waals surface area contributed by atoms with Crippen molar-refractivity contribution in [2.75, 3.05) is 13.1 Å². The van der Waals surface area contributed by atoms with Gasteiger partial charge in [0.05, 0.1) is 6.10 Å². The Kier molecular flexibility index (Phi) is 4.70. The van der Waals surface area contributed by atoms with E-state index in [-0.39, 0.29) is 6.10 Å². The van der Waals surface area contributed by atoms with Crippen LogP contribution in [-0.4, -0.2) is 41.1 Å². The third-order valence-electron chi connectivity index (χ3n) is 3.47. The molecular weight excluding hydrogens is 258 g/mol. The highest BCUT2D eigenvalue weighted by Crippen LogP contribution is 2.24. The maximum Gasteiger partial charge on any atom is 0.318 e. The van der Waals surface area contributed by atoms with Crippen molar-refractivity contribution in [1.82, 2.24) is 10.2 Å². The molecule has 0 bridgehead atoms. The second kappa shape index (κ2) is 6.49. The Bertz CT molecular complexity index is 470. The molecule has 6 heteroatoms. The number of carbonyl (C=O) groups is 2. The topological polar surface area (TPSA) is 95.7 Å². The van der Waals surface area contributed by atoms with Crippen LogP contribution in [0.3, 0.4) is 0 Å². The number of piperidine rings is 1. The number of likely N-dealkylation sites (tertiary alicyclic amines) is 1. The second-order valence-corrected chi connectivity index (χ2v) is 4.93. The molecule has 0 aromatic heterocycles. The summed E-state index contributed by atoms with van der Waals surface area (Å²) in [5.41, 5.74) is 5.84. The summed E-state index contributed by atoms with van der Waals surface area (Å²) < 4.78 is 0. The Hall–Kier alpha value is -1.92. The molecule has 1 unspecified atom stereocenters. The first kappa shape index (κ1) is 14.5. The van der Waals surface area contributed by atoms with E-state index in [9.17, 15) is 14.7 Å². The molecule has 1 atom stereocenters. The Morgan fingerprint density at radius 1 is 1.25 bits per heavy atom. The van der Waals surface area contributed by atoms with Crippen LogP contribution in [0.5, 0.6) is 0 Å². The minimum atomic E-state index is -0.854. The molecule has 1 heterocycles. The van der Waals surface area contributed by atoms with Crippen LogP contribution < -0.4 is 11.1 Å². The van der Waals surface area contributed by atoms with Crippen molar-refractivity contribution in [3.8, 4) is 0 Å². The quantitative estimate of drug-likeness (QED) is 0.744. The Morgan fingerprint density at radius 2 is 1.85 bits per heavy atom. The number of primary amides is 1. The van der Waals surface area contributed by atoms with E-state index in [1.54, 1.807) is 0 Å². The molecule has 0 spiro atoms. The molecule has 0 saturated carbocycles. The smallest absolute Gasteiger partial charge is 0.318 e. The van der Waals surface area contributed by atoms with E-state index in [0.717, 1.165) is 5.56 Å². The van der Waals surface area contributed by atoms with Gasteiger partial charge >= 0.3 is 6.03 Å². The number of aliphatic hydroxyl groups excluding tert-OH is 1. The number of imide groups is 1. The fraction of sp³-hybridized carbons (Fsp3) is 0.429. The Balaban J connectivity index is 2.20. The normalized spacial score (nSPS) is 18.4. The van der Waals surface area contributed by atoms with Crippen LogP contribution in [0.25, 0.3) is 0 Å². The lowest BCUT2D eigenvalue weighted by Crippen LogP contribution is -2.47. The van der Waals surface area contributed by atoms with Gasteiger partial charge in [-0.15, -0.1) is 0 Å². The molecular formula is C14H19N3O3. The number of urea groups is 1. The van der Waals surface area contributed by atoms with Gasteiger partial charge in [0.1, 0.15) is 6.04 Å². The van der Waals surface area contributed by atoms with Crippen molar-refractivity contribution in [2.24, 2.45) is 5.73 Å². The third-order valence-corrected chi connectivity index (χ3v) is 3.47. The lowest BCUT2D eigenvalue weighted by molar-refractivity contribution is -0.126. The number of carbonyl (C=O) groups excluding carboxylic acids is 2. The van der Waals surface area contributed by atoms with E-state index in [2.05, 4.69) is 5.32 Å². The maximum absolute atomic E-state index is 12.2. The molecule has 1 saturated heterocycles. The summed E-state index contributed by atoms with van der Waals surface area (Å²) in [6, 6.07) is 7.83. The van der Waals surface area contributed by atoms with Gasteiger partial charge in [-0.3, -0.25) is 15.0 Å². The number of amides is 3. The number of benzene rings is 1. The average molecular weight is 277 g/mol. The second-order valence-electron chi connectivity index (χ2n) is 4.93. The maximum atomic E-state index is 12.2. The number of hydrogen-bond donors (Lipinski definition) is 3. The van der Waals surface area contributed by atoms with Gasteiger partial charge in [0.2, 0.25) is 5.91 Å². The number of nitrogens with zero attached hydrogens (tertiary/aromatic N) is 1. The minimum Gasteiger partial charge on any atom is -0.393 e. The summed E-state index contributed by atoms with van der Waals surface area (Å²) in [6.45, 7) is 1.21. The van der Waals surface area contributed by atoms with Crippen molar-refractivity contribution < 1.29 is 14.7 Å². The standard InChI is InChI=1S/C14H19N3O3/c15-14(20)16-13(19)12(10-4-2-1-3-5-10)17-8-6-11(18)7-9-17/h1-5,11-12,18H,6-9H2,(H3,15,16,19,20). The summed E-state index contributed by atoms with van der Waals surface area (Å²) in [4.78, 5) is 25.1. The van der Waals surface area contributed by atoms with E-state index in [0.29, 0.717) is 25.9 Å². The zero-order chi connectivity index (χ0) is 14.5. The summed E-state index contributed by atoms with van der Waals surface area (Å²) >= 11 is 0. The Labute approximate surface area is 117 Å². The molecule has 1 aromatic carbocycles. The van der Waals surface area contributed by atoms with Crippen LogP contribution in [0, 0.1) is 0 Å². The molecule has 4 N–H and O–H groups in total. The van der Waals surface area contributed by atoms with E-state index < -0.39 is 18.0 Å². The first-order chi connectivity index (χ1) is 9.58. The van der Waals surface area contributed by atoms with Crippen LogP contribution >= 0.6 is 0 Å². The third kappa shape index (κ3) is 3.55. The molecule has 0 aliphatic carbocycles. The molecule has 1 aliphatic rings. The van der Waals surface area contributed by atoms with E-state index in [1.807, 2.05) is 35.2 Å². The number of rotatable bonds is 3. The van der Waals surface area contributed by atoms with Gasteiger partial charge < -0.3 is 10.8 Å². The van der Waals surface area contributed by atoms with Crippen LogP contribution in [0.2, 0.25) is 0 Å². The number of hydrogen-bond acceptors (Lipinski definition) is 4. The molecule has 2 rings (SSSR count). The molecule has 20 heavy (non-hydrogen) atoms. The molecule has 1 aromatic rings. The van der Waals surface area contributed by atoms with Gasteiger partial charge in [0, 0.05) is 13.1 Å². The van der Waals surface area contributed by atoms with Gasteiger partial charge in [-0.25, -0.2) is 4.79 Å². The monoisotopic (exact) mass is 277 g/mol. The molecule has 108 valence electrons. The number of nitrogens with one attached hydrogen (secondary N) is 1. The van der Waals surface area contributed by atoms with Gasteiger partial charge in [-0.1, -0.05) is 30.3 Å². The summed E-state index contributed by atoms with van der Waals surface area (Å²) in [7, 11) is 0. The van der Waals surface area contributed by atoms with Gasteiger partial charge in [-0.2, -0.15) is 0 Å². The molecule has 1 aliphatic heterocycles. The van der Waals surface area contributed by atoms with Crippen molar-refractivity contribution in [1.29, 1.82) is 0 Å². The van der Waals surface area contributed by atoms with Crippen molar-refractivity contribution in [3.63, 3.8) is 0 Å². The van der Waals surface area contributed by atoms with Crippen LogP contribution in [0.1, 0.15) is 24.4 Å². The molecule has 1 fully saturated rings. The zero-order valence-electron chi connectivity index (χ0n) is 11.2. The molecule has 3 amide bonds. The summed E-state index contributed by atoms with van der Waals surface area (Å²) in [5, 5.41) is 11.7. The number of nitrogens with two attached hydrogens (primary N) is 1. The first-order valence-electron chi connectivity index (χ1n) is 6.65. The Morgan fingerprint density at radius 3 is 2.40 bits per heavy atom. The first-order valence-corrected chi connectivity index (χ1v) is 6.65. The SMILES string of the molecule is NC(=O)NC(=O)C(c1ccccc1)N1CCC(O)CC1. The van der Waals surface area contributed by atoms with Crippen molar-refractivity contribution in [3.05, 3.63) is 35.9 Å². The lowest BCUT2D eigenvalue weighted by Gasteiger charge is -2.35. The van der Waals surface area contributed by atoms with Crippen LogP contribution in [0.4, 0.5) is 4.79 Å². The summed E-state index contributed by atoms with van der Waals surface area (Å²) in [6.07, 6.45) is 0.919. The van der Waals surface area contributed by atoms with Gasteiger partial charge in [0.15, 0.2) is 0 Å². The highest BCUT2D eigenvalue weighted by molar-refractivity contribution is 5.96. The lowest BCUT2D eigenvalue weighted by atomic mass is 10.00. The van der Waals surface area contributed by atoms with Crippen molar-refractivity contribution in [2.45, 2.75) is 25.0 Å². The summed E-state index contributed by atoms with van der Waals surface area (Å²) in [5.74, 6) is -0.430. The van der Waals surface area contributed by atoms with E-state index in [4.69, 9.17) is 5.73 Å². The van der Waals surface area contributed by atoms with Gasteiger partial charge in [0.25, 0.3) is 0 Å². The minimum absolute atomic E-state index is 0.318. The van der Waals surface area contributed by atoms with Gasteiger partial charge in [-0.05, 0) is 18.4 Å². The van der Waals surface area contributed by atoms with Crippen LogP contribution in [0.15, 0.2) is 30.3 Å². The molecule has 0 radical (unpaired) electrons. The predicted octanol–water partition coefficient (Wildman–Crippen LogP) is 0.379. The highest BCUT2D eigenvalue weighted by atomic mass is 16.3. The van der Waals surface area contributed by atoms with Crippen molar-refractivity contribution >= 4 is 11.9 Å². The van der Waals surface area contributed by atoms with Crippen LogP contribution in [-0.2, 0) is 4.79 Å². The fourth-order valence-electron chi connectivity index (χ4n) is 2.50. The largest absolute Gasteiger partial charge is 0.393 e. The number of aliphatic hydroxyl groups is 1. The van der Waals surface area contributed by atoms with E-state index in [1.165, 1.54) is 0 Å². The average Bonchev–Trinajstić information content (AvgIpc) is 2.42. The molecule has 6 nitrogen and oxygen atoms in total. The van der Waals surface area contributed by atoms with E-state index >= 15 is 0 Å². The zero-order valence-corrected chi connectivity index (χ0v) is 11.2. The predicted molar refractivity (Wildman–Crippen MR) is 73.7 cm³/mol. The highest BCUT2D eigenvalue weighted by Gasteiger charge is 2.31.